The molecule has 0 aliphatic carbocycles. The molecule has 1 aromatic rings. The van der Waals surface area contributed by atoms with Gasteiger partial charge >= 0.3 is 5.97 Å². The molecule has 0 saturated carbocycles. The van der Waals surface area contributed by atoms with Gasteiger partial charge in [-0.05, 0) is 5.92 Å². The molecule has 4 amide bonds. The van der Waals surface area contributed by atoms with Gasteiger partial charge in [-0.2, -0.15) is 12.6 Å². The van der Waals surface area contributed by atoms with Gasteiger partial charge in [-0.3, -0.25) is 19.2 Å². The summed E-state index contributed by atoms with van der Waals surface area (Å²) in [5, 5.41) is 16.7. The number of carbonyl (C=O) groups is 5. The maximum absolute atomic E-state index is 12.9. The van der Waals surface area contributed by atoms with Crippen molar-refractivity contribution in [3.05, 3.63) is 18.2 Å². The van der Waals surface area contributed by atoms with Gasteiger partial charge in [0.05, 0.1) is 18.8 Å². The SMILES string of the molecule is CCC(C)C(NC(=O)C(CC(N)=O)NC(=O)C(N)CS)C(=O)NC(Cc1cnc[nH]1)C(=O)O. The highest BCUT2D eigenvalue weighted by Crippen LogP contribution is 2.10. The van der Waals surface area contributed by atoms with Crippen molar-refractivity contribution in [2.45, 2.75) is 57.3 Å². The lowest BCUT2D eigenvalue weighted by Gasteiger charge is -2.27. The lowest BCUT2D eigenvalue weighted by atomic mass is 9.97. The zero-order valence-corrected chi connectivity index (χ0v) is 19.3. The number of nitrogens with zero attached hydrogens (tertiary/aromatic N) is 1. The molecule has 1 aromatic heterocycles. The molecule has 13 nitrogen and oxygen atoms in total. The van der Waals surface area contributed by atoms with Crippen LogP contribution in [0.1, 0.15) is 32.4 Å². The lowest BCUT2D eigenvalue weighted by molar-refractivity contribution is -0.142. The van der Waals surface area contributed by atoms with Gasteiger partial charge in [0.25, 0.3) is 0 Å². The Morgan fingerprint density at radius 1 is 1.12 bits per heavy atom. The molecule has 14 heteroatoms. The number of hydrogen-bond acceptors (Lipinski definition) is 8. The molecule has 1 heterocycles. The van der Waals surface area contributed by atoms with Crippen LogP contribution in [0, 0.1) is 5.92 Å². The second-order valence-corrected chi connectivity index (χ2v) is 7.94. The topological polar surface area (TPSA) is 222 Å². The number of primary amides is 1. The number of nitrogens with two attached hydrogens (primary N) is 2. The molecule has 0 aromatic carbocycles. The van der Waals surface area contributed by atoms with E-state index in [9.17, 15) is 29.1 Å². The van der Waals surface area contributed by atoms with Crippen LogP contribution < -0.4 is 27.4 Å². The van der Waals surface area contributed by atoms with Gasteiger partial charge in [0.1, 0.15) is 18.1 Å². The minimum atomic E-state index is -1.37. The first-order valence-electron chi connectivity index (χ1n) is 10.3. The number of rotatable bonds is 14. The van der Waals surface area contributed by atoms with Gasteiger partial charge < -0.3 is 37.5 Å². The van der Waals surface area contributed by atoms with Crippen molar-refractivity contribution < 1.29 is 29.1 Å². The third kappa shape index (κ3) is 9.10. The van der Waals surface area contributed by atoms with Crippen LogP contribution in [0.2, 0.25) is 0 Å². The van der Waals surface area contributed by atoms with Crippen molar-refractivity contribution in [3.8, 4) is 0 Å². The first kappa shape index (κ1) is 27.9. The van der Waals surface area contributed by atoms with Crippen molar-refractivity contribution in [2.75, 3.05) is 5.75 Å². The summed E-state index contributed by atoms with van der Waals surface area (Å²) in [5.41, 5.74) is 11.3. The minimum Gasteiger partial charge on any atom is -0.480 e. The van der Waals surface area contributed by atoms with Gasteiger partial charge in [-0.15, -0.1) is 0 Å². The van der Waals surface area contributed by atoms with E-state index in [-0.39, 0.29) is 12.2 Å². The summed E-state index contributed by atoms with van der Waals surface area (Å²) in [6.07, 6.45) is 2.70. The third-order valence-electron chi connectivity index (χ3n) is 4.96. The third-order valence-corrected chi connectivity index (χ3v) is 5.35. The van der Waals surface area contributed by atoms with E-state index in [1.54, 1.807) is 13.8 Å². The Balaban J connectivity index is 3.00. The highest BCUT2D eigenvalue weighted by Gasteiger charge is 2.33. The van der Waals surface area contributed by atoms with Crippen LogP contribution in [0.5, 0.6) is 0 Å². The van der Waals surface area contributed by atoms with E-state index in [4.69, 9.17) is 11.5 Å². The number of aliphatic carboxylic acids is 1. The molecule has 5 unspecified atom stereocenters. The largest absolute Gasteiger partial charge is 0.480 e. The fourth-order valence-electron chi connectivity index (χ4n) is 2.81. The van der Waals surface area contributed by atoms with Gasteiger partial charge in [0.15, 0.2) is 0 Å². The molecular weight excluding hydrogens is 454 g/mol. The van der Waals surface area contributed by atoms with Crippen LogP contribution in [0.4, 0.5) is 0 Å². The molecule has 0 fully saturated rings. The molecule has 0 spiro atoms. The van der Waals surface area contributed by atoms with Crippen LogP contribution >= 0.6 is 12.6 Å². The van der Waals surface area contributed by atoms with Gasteiger partial charge in [-0.1, -0.05) is 20.3 Å². The molecule has 0 bridgehead atoms. The minimum absolute atomic E-state index is 0.00154. The Labute approximate surface area is 196 Å². The number of carbonyl (C=O) groups excluding carboxylic acids is 4. The molecule has 0 aliphatic heterocycles. The lowest BCUT2D eigenvalue weighted by Crippen LogP contribution is -2.59. The Morgan fingerprint density at radius 3 is 2.24 bits per heavy atom. The molecule has 0 aliphatic rings. The highest BCUT2D eigenvalue weighted by atomic mass is 32.1. The van der Waals surface area contributed by atoms with Crippen LogP contribution in [0.25, 0.3) is 0 Å². The van der Waals surface area contributed by atoms with Gasteiger partial charge in [0.2, 0.25) is 23.6 Å². The predicted octanol–water partition coefficient (Wildman–Crippen LogP) is -2.33. The fourth-order valence-corrected chi connectivity index (χ4v) is 2.97. The quantitative estimate of drug-likeness (QED) is 0.133. The summed E-state index contributed by atoms with van der Waals surface area (Å²) in [6.45, 7) is 3.47. The van der Waals surface area contributed by atoms with E-state index in [0.29, 0.717) is 12.1 Å². The maximum atomic E-state index is 12.9. The predicted molar refractivity (Wildman–Crippen MR) is 121 cm³/mol. The van der Waals surface area contributed by atoms with E-state index in [0.717, 1.165) is 0 Å². The number of carboxylic acid groups (broad SMARTS) is 1. The van der Waals surface area contributed by atoms with Crippen LogP contribution in [-0.4, -0.2) is 74.6 Å². The average Bonchev–Trinajstić information content (AvgIpc) is 3.27. The second-order valence-electron chi connectivity index (χ2n) is 7.57. The number of aromatic amines is 1. The van der Waals surface area contributed by atoms with E-state index >= 15 is 0 Å². The number of hydrogen-bond donors (Lipinski definition) is 8. The van der Waals surface area contributed by atoms with Gasteiger partial charge in [-0.25, -0.2) is 9.78 Å². The maximum Gasteiger partial charge on any atom is 0.326 e. The summed E-state index contributed by atoms with van der Waals surface area (Å²) in [4.78, 5) is 67.5. The summed E-state index contributed by atoms with van der Waals surface area (Å²) >= 11 is 3.92. The van der Waals surface area contributed by atoms with E-state index in [1.807, 2.05) is 0 Å². The number of nitrogens with one attached hydrogen (secondary N) is 4. The number of aromatic nitrogens is 2. The number of amides is 4. The van der Waals surface area contributed by atoms with E-state index in [2.05, 4.69) is 38.5 Å². The number of carboxylic acids is 1. The zero-order chi connectivity index (χ0) is 25.1. The van der Waals surface area contributed by atoms with Crippen LogP contribution in [0.3, 0.4) is 0 Å². The Morgan fingerprint density at radius 2 is 1.76 bits per heavy atom. The molecule has 184 valence electrons. The zero-order valence-electron chi connectivity index (χ0n) is 18.4. The standard InChI is InChI=1S/C19H31N7O6S/c1-3-9(2)15(18(30)25-13(19(31)32)4-10-6-22-8-23-10)26-17(29)12(5-14(21)27)24-16(28)11(20)7-33/h6,8-9,11-13,15,33H,3-5,7,20H2,1-2H3,(H2,21,27)(H,22,23)(H,24,28)(H,25,30)(H,26,29)(H,31,32). The van der Waals surface area contributed by atoms with Crippen molar-refractivity contribution >= 4 is 42.2 Å². The highest BCUT2D eigenvalue weighted by molar-refractivity contribution is 7.80. The van der Waals surface area contributed by atoms with E-state index in [1.165, 1.54) is 12.5 Å². The molecule has 1 rings (SSSR count). The molecule has 0 radical (unpaired) electrons. The molecular formula is C19H31N7O6S. The van der Waals surface area contributed by atoms with Crippen LogP contribution in [-0.2, 0) is 30.4 Å². The normalized spacial score (nSPS) is 15.4. The Hall–Kier alpha value is -3.13. The molecule has 5 atom stereocenters. The summed E-state index contributed by atoms with van der Waals surface area (Å²) in [5.74, 6) is -4.82. The summed E-state index contributed by atoms with van der Waals surface area (Å²) < 4.78 is 0. The average molecular weight is 486 g/mol. The molecule has 33 heavy (non-hydrogen) atoms. The summed E-state index contributed by atoms with van der Waals surface area (Å²) in [7, 11) is 0. The van der Waals surface area contributed by atoms with Gasteiger partial charge in [0, 0.05) is 24.1 Å². The fraction of sp³-hybridized carbons (Fsp3) is 0.579. The second kappa shape index (κ2) is 13.4. The number of thiol groups is 1. The smallest absolute Gasteiger partial charge is 0.326 e. The summed E-state index contributed by atoms with van der Waals surface area (Å²) in [6, 6.07) is -4.82. The van der Waals surface area contributed by atoms with Crippen molar-refractivity contribution in [1.29, 1.82) is 0 Å². The van der Waals surface area contributed by atoms with Crippen molar-refractivity contribution in [2.24, 2.45) is 17.4 Å². The number of imidazole rings is 1. The Kier molecular flexibility index (Phi) is 11.4. The first-order chi connectivity index (χ1) is 15.5. The van der Waals surface area contributed by atoms with Crippen LogP contribution in [0.15, 0.2) is 12.5 Å². The Bertz CT molecular complexity index is 835. The van der Waals surface area contributed by atoms with Crippen molar-refractivity contribution in [3.63, 3.8) is 0 Å². The van der Waals surface area contributed by atoms with E-state index < -0.39 is 66.1 Å². The van der Waals surface area contributed by atoms with Crippen molar-refractivity contribution in [1.82, 2.24) is 25.9 Å². The number of H-pyrrole nitrogens is 1. The molecule has 9 N–H and O–H groups in total. The first-order valence-corrected chi connectivity index (χ1v) is 10.9. The monoisotopic (exact) mass is 485 g/mol. The molecule has 0 saturated heterocycles.